The predicted octanol–water partition coefficient (Wildman–Crippen LogP) is 2.94. The van der Waals surface area contributed by atoms with Crippen LogP contribution in [0.1, 0.15) is 11.4 Å². The molecular weight excluding hydrogens is 217 g/mol. The van der Waals surface area contributed by atoms with Gasteiger partial charge in [0.2, 0.25) is 0 Å². The summed E-state index contributed by atoms with van der Waals surface area (Å²) in [6.45, 7) is 3.75. The third kappa shape index (κ3) is 2.41. The maximum atomic E-state index is 13.3. The van der Waals surface area contributed by atoms with E-state index in [0.717, 1.165) is 22.6 Å². The molecule has 1 aromatic carbocycles. The molecule has 0 atom stereocenters. The summed E-state index contributed by atoms with van der Waals surface area (Å²) in [6, 6.07) is 6.51. The summed E-state index contributed by atoms with van der Waals surface area (Å²) in [5, 5.41) is 2.97. The van der Waals surface area contributed by atoms with Crippen molar-refractivity contribution in [2.24, 2.45) is 0 Å². The highest BCUT2D eigenvalue weighted by molar-refractivity contribution is 5.66. The minimum atomic E-state index is -0.257. The molecular formula is C13H14FN3. The summed E-state index contributed by atoms with van der Waals surface area (Å²) in [4.78, 5) is 8.55. The van der Waals surface area contributed by atoms with Gasteiger partial charge in [0.1, 0.15) is 17.5 Å². The van der Waals surface area contributed by atoms with Gasteiger partial charge in [-0.1, -0.05) is 6.07 Å². The van der Waals surface area contributed by atoms with Crippen LogP contribution in [-0.4, -0.2) is 17.0 Å². The van der Waals surface area contributed by atoms with Gasteiger partial charge < -0.3 is 5.32 Å². The Labute approximate surface area is 99.7 Å². The number of hydrogen-bond donors (Lipinski definition) is 1. The van der Waals surface area contributed by atoms with E-state index in [-0.39, 0.29) is 5.82 Å². The van der Waals surface area contributed by atoms with Crippen LogP contribution < -0.4 is 5.32 Å². The van der Waals surface area contributed by atoms with E-state index in [1.165, 1.54) is 12.1 Å². The monoisotopic (exact) mass is 231 g/mol. The predicted molar refractivity (Wildman–Crippen MR) is 66.4 cm³/mol. The minimum Gasteiger partial charge on any atom is -0.373 e. The molecule has 0 amide bonds. The zero-order valence-corrected chi connectivity index (χ0v) is 10.1. The zero-order chi connectivity index (χ0) is 12.4. The first-order valence-corrected chi connectivity index (χ1v) is 5.40. The molecule has 0 aliphatic carbocycles. The van der Waals surface area contributed by atoms with Gasteiger partial charge >= 0.3 is 0 Å². The molecule has 0 saturated carbocycles. The van der Waals surface area contributed by atoms with Gasteiger partial charge in [-0.05, 0) is 31.5 Å². The highest BCUT2D eigenvalue weighted by Gasteiger charge is 2.07. The Morgan fingerprint density at radius 3 is 2.59 bits per heavy atom. The van der Waals surface area contributed by atoms with Gasteiger partial charge in [-0.2, -0.15) is 0 Å². The quantitative estimate of drug-likeness (QED) is 0.863. The molecule has 0 radical (unpaired) electrons. The van der Waals surface area contributed by atoms with Gasteiger partial charge in [-0.25, -0.2) is 14.4 Å². The first-order chi connectivity index (χ1) is 8.10. The lowest BCUT2D eigenvalue weighted by molar-refractivity contribution is 0.628. The van der Waals surface area contributed by atoms with Crippen molar-refractivity contribution in [2.75, 3.05) is 12.4 Å². The van der Waals surface area contributed by atoms with Crippen LogP contribution in [0, 0.1) is 19.7 Å². The zero-order valence-electron chi connectivity index (χ0n) is 10.1. The SMILES string of the molecule is CNc1cc(-c2cc(F)ccc2C)nc(C)n1. The summed E-state index contributed by atoms with van der Waals surface area (Å²) in [6.07, 6.45) is 0. The second-order valence-electron chi connectivity index (χ2n) is 3.89. The molecule has 2 rings (SSSR count). The molecule has 0 fully saturated rings. The third-order valence-corrected chi connectivity index (χ3v) is 2.57. The second kappa shape index (κ2) is 4.49. The Morgan fingerprint density at radius 1 is 1.12 bits per heavy atom. The van der Waals surface area contributed by atoms with E-state index in [9.17, 15) is 4.39 Å². The first-order valence-electron chi connectivity index (χ1n) is 5.40. The summed E-state index contributed by atoms with van der Waals surface area (Å²) >= 11 is 0. The molecule has 2 aromatic rings. The van der Waals surface area contributed by atoms with E-state index in [1.54, 1.807) is 13.1 Å². The molecule has 17 heavy (non-hydrogen) atoms. The highest BCUT2D eigenvalue weighted by Crippen LogP contribution is 2.24. The molecule has 4 heteroatoms. The average molecular weight is 231 g/mol. The number of anilines is 1. The van der Waals surface area contributed by atoms with Crippen LogP contribution in [0.2, 0.25) is 0 Å². The normalized spacial score (nSPS) is 10.4. The lowest BCUT2D eigenvalue weighted by Crippen LogP contribution is -1.99. The van der Waals surface area contributed by atoms with Gasteiger partial charge in [-0.3, -0.25) is 0 Å². The van der Waals surface area contributed by atoms with Crippen molar-refractivity contribution in [2.45, 2.75) is 13.8 Å². The van der Waals surface area contributed by atoms with Crippen molar-refractivity contribution in [1.82, 2.24) is 9.97 Å². The largest absolute Gasteiger partial charge is 0.373 e. The number of aromatic nitrogens is 2. The number of halogens is 1. The molecule has 0 unspecified atom stereocenters. The average Bonchev–Trinajstić information content (AvgIpc) is 2.31. The van der Waals surface area contributed by atoms with E-state index >= 15 is 0 Å². The Balaban J connectivity index is 2.59. The van der Waals surface area contributed by atoms with Crippen molar-refractivity contribution in [3.63, 3.8) is 0 Å². The number of benzene rings is 1. The Kier molecular flexibility index (Phi) is 3.04. The van der Waals surface area contributed by atoms with Crippen LogP contribution in [0.25, 0.3) is 11.3 Å². The fourth-order valence-corrected chi connectivity index (χ4v) is 1.70. The second-order valence-corrected chi connectivity index (χ2v) is 3.89. The molecule has 1 N–H and O–H groups in total. The van der Waals surface area contributed by atoms with E-state index in [0.29, 0.717) is 5.82 Å². The molecule has 0 aliphatic heterocycles. The molecule has 1 aromatic heterocycles. The lowest BCUT2D eigenvalue weighted by atomic mass is 10.1. The maximum absolute atomic E-state index is 13.3. The van der Waals surface area contributed by atoms with E-state index in [2.05, 4.69) is 15.3 Å². The molecule has 1 heterocycles. The van der Waals surface area contributed by atoms with Crippen LogP contribution in [0.15, 0.2) is 24.3 Å². The molecule has 3 nitrogen and oxygen atoms in total. The summed E-state index contributed by atoms with van der Waals surface area (Å²) in [5.41, 5.74) is 2.53. The number of hydrogen-bond acceptors (Lipinski definition) is 3. The molecule has 0 aliphatic rings. The van der Waals surface area contributed by atoms with Crippen molar-refractivity contribution in [3.05, 3.63) is 41.5 Å². The first kappa shape index (κ1) is 11.5. The Bertz CT molecular complexity index is 552. The topological polar surface area (TPSA) is 37.8 Å². The smallest absolute Gasteiger partial charge is 0.130 e. The van der Waals surface area contributed by atoms with E-state index < -0.39 is 0 Å². The molecule has 0 bridgehead atoms. The molecule has 88 valence electrons. The van der Waals surface area contributed by atoms with Crippen molar-refractivity contribution in [1.29, 1.82) is 0 Å². The molecule has 0 spiro atoms. The summed E-state index contributed by atoms with van der Waals surface area (Å²) < 4.78 is 13.3. The van der Waals surface area contributed by atoms with Crippen molar-refractivity contribution >= 4 is 5.82 Å². The van der Waals surface area contributed by atoms with Crippen LogP contribution >= 0.6 is 0 Å². The minimum absolute atomic E-state index is 0.257. The number of aryl methyl sites for hydroxylation is 2. The van der Waals surface area contributed by atoms with Crippen LogP contribution in [0.3, 0.4) is 0 Å². The van der Waals surface area contributed by atoms with E-state index in [1.807, 2.05) is 19.9 Å². The van der Waals surface area contributed by atoms with Crippen LogP contribution in [0.5, 0.6) is 0 Å². The Morgan fingerprint density at radius 2 is 1.88 bits per heavy atom. The van der Waals surface area contributed by atoms with Crippen LogP contribution in [0.4, 0.5) is 10.2 Å². The van der Waals surface area contributed by atoms with Gasteiger partial charge in [0.25, 0.3) is 0 Å². The summed E-state index contributed by atoms with van der Waals surface area (Å²) in [5.74, 6) is 1.14. The van der Waals surface area contributed by atoms with Crippen molar-refractivity contribution < 1.29 is 4.39 Å². The van der Waals surface area contributed by atoms with Gasteiger partial charge in [0.05, 0.1) is 5.69 Å². The van der Waals surface area contributed by atoms with Gasteiger partial charge in [0.15, 0.2) is 0 Å². The fourth-order valence-electron chi connectivity index (χ4n) is 1.70. The third-order valence-electron chi connectivity index (χ3n) is 2.57. The maximum Gasteiger partial charge on any atom is 0.130 e. The Hall–Kier alpha value is -1.97. The number of nitrogens with zero attached hydrogens (tertiary/aromatic N) is 2. The summed E-state index contributed by atoms with van der Waals surface area (Å²) in [7, 11) is 1.80. The van der Waals surface area contributed by atoms with Gasteiger partial charge in [-0.15, -0.1) is 0 Å². The fraction of sp³-hybridized carbons (Fsp3) is 0.231. The van der Waals surface area contributed by atoms with E-state index in [4.69, 9.17) is 0 Å². The van der Waals surface area contributed by atoms with Gasteiger partial charge in [0, 0.05) is 18.7 Å². The highest BCUT2D eigenvalue weighted by atomic mass is 19.1. The molecule has 0 saturated heterocycles. The standard InChI is InChI=1S/C13H14FN3/c1-8-4-5-10(14)6-11(8)12-7-13(15-3)17-9(2)16-12/h4-7H,1-3H3,(H,15,16,17). The lowest BCUT2D eigenvalue weighted by Gasteiger charge is -2.08. The number of rotatable bonds is 2. The van der Waals surface area contributed by atoms with Crippen LogP contribution in [-0.2, 0) is 0 Å². The number of nitrogens with one attached hydrogen (secondary N) is 1. The van der Waals surface area contributed by atoms with Crippen molar-refractivity contribution in [3.8, 4) is 11.3 Å².